The maximum absolute atomic E-state index is 12.2. The normalized spacial score (nSPS) is 24.0. The number of alkyl halides is 3. The molecule has 1 rings (SSSR count). The van der Waals surface area contributed by atoms with Crippen LogP contribution < -0.4 is 0 Å². The monoisotopic (exact) mass is 178 g/mol. The van der Waals surface area contributed by atoms with E-state index in [-0.39, 0.29) is 6.42 Å². The van der Waals surface area contributed by atoms with E-state index in [1.54, 1.807) is 6.08 Å². The second kappa shape index (κ2) is 3.31. The first kappa shape index (κ1) is 9.32. The number of aliphatic hydroxyl groups is 1. The number of rotatable bonds is 1. The molecule has 0 radical (unpaired) electrons. The first-order valence-corrected chi connectivity index (χ1v) is 3.60. The van der Waals surface area contributed by atoms with Gasteiger partial charge >= 0.3 is 6.18 Å². The highest BCUT2D eigenvalue weighted by atomic mass is 19.4. The van der Waals surface area contributed by atoms with Crippen molar-refractivity contribution in [3.05, 3.63) is 23.8 Å². The summed E-state index contributed by atoms with van der Waals surface area (Å²) in [6, 6.07) is 0. The Hall–Kier alpha value is -0.770. The summed E-state index contributed by atoms with van der Waals surface area (Å²) in [5.74, 6) is -0.782. The number of hydrogen-bond acceptors (Lipinski definition) is 1. The SMILES string of the molecule is OCC1CC=CC=C1C(F)(F)F. The molecular weight excluding hydrogens is 169 g/mol. The fraction of sp³-hybridized carbons (Fsp3) is 0.500. The molecule has 0 aliphatic heterocycles. The van der Waals surface area contributed by atoms with Gasteiger partial charge in [0.15, 0.2) is 0 Å². The molecule has 0 fully saturated rings. The van der Waals surface area contributed by atoms with Crippen LogP contribution >= 0.6 is 0 Å². The highest BCUT2D eigenvalue weighted by Gasteiger charge is 2.38. The number of allylic oxidation sites excluding steroid dienone is 3. The van der Waals surface area contributed by atoms with Crippen molar-refractivity contribution in [3.63, 3.8) is 0 Å². The second-order valence-electron chi connectivity index (χ2n) is 2.66. The lowest BCUT2D eigenvalue weighted by molar-refractivity contribution is -0.101. The van der Waals surface area contributed by atoms with Gasteiger partial charge in [0.2, 0.25) is 0 Å². The minimum atomic E-state index is -4.31. The molecule has 1 aliphatic rings. The third-order valence-electron chi connectivity index (χ3n) is 1.82. The predicted molar refractivity (Wildman–Crippen MR) is 38.5 cm³/mol. The number of halogens is 3. The van der Waals surface area contributed by atoms with Gasteiger partial charge in [0.05, 0.1) is 6.61 Å². The van der Waals surface area contributed by atoms with Crippen molar-refractivity contribution in [2.24, 2.45) is 5.92 Å². The molecule has 68 valence electrons. The molecular formula is C8H9F3O. The van der Waals surface area contributed by atoms with E-state index < -0.39 is 24.3 Å². The van der Waals surface area contributed by atoms with Crippen molar-refractivity contribution >= 4 is 0 Å². The molecule has 0 aromatic heterocycles. The van der Waals surface area contributed by atoms with Crippen LogP contribution in [0, 0.1) is 5.92 Å². The first-order valence-electron chi connectivity index (χ1n) is 3.60. The number of hydrogen-bond donors (Lipinski definition) is 1. The van der Waals surface area contributed by atoms with Gasteiger partial charge in [-0.2, -0.15) is 13.2 Å². The van der Waals surface area contributed by atoms with Gasteiger partial charge in [0.25, 0.3) is 0 Å². The quantitative estimate of drug-likeness (QED) is 0.651. The maximum Gasteiger partial charge on any atom is 0.413 e. The maximum atomic E-state index is 12.2. The van der Waals surface area contributed by atoms with Crippen LogP contribution in [0.2, 0.25) is 0 Å². The Morgan fingerprint density at radius 1 is 1.50 bits per heavy atom. The fourth-order valence-corrected chi connectivity index (χ4v) is 1.18. The molecule has 0 amide bonds. The summed E-state index contributed by atoms with van der Waals surface area (Å²) < 4.78 is 36.5. The Labute approximate surface area is 68.2 Å². The zero-order chi connectivity index (χ0) is 9.19. The van der Waals surface area contributed by atoms with Gasteiger partial charge in [-0.1, -0.05) is 18.2 Å². The van der Waals surface area contributed by atoms with Crippen molar-refractivity contribution in [3.8, 4) is 0 Å². The molecule has 1 N–H and O–H groups in total. The van der Waals surface area contributed by atoms with E-state index in [1.807, 2.05) is 0 Å². The molecule has 12 heavy (non-hydrogen) atoms. The van der Waals surface area contributed by atoms with Crippen molar-refractivity contribution in [1.29, 1.82) is 0 Å². The molecule has 1 nitrogen and oxygen atoms in total. The lowest BCUT2D eigenvalue weighted by atomic mass is 9.92. The van der Waals surface area contributed by atoms with Gasteiger partial charge in [-0.3, -0.25) is 0 Å². The molecule has 4 heteroatoms. The smallest absolute Gasteiger partial charge is 0.396 e. The molecule has 1 aliphatic carbocycles. The van der Waals surface area contributed by atoms with Gasteiger partial charge in [0.1, 0.15) is 0 Å². The van der Waals surface area contributed by atoms with E-state index in [0.717, 1.165) is 6.08 Å². The number of aliphatic hydroxyl groups excluding tert-OH is 1. The second-order valence-corrected chi connectivity index (χ2v) is 2.66. The van der Waals surface area contributed by atoms with Crippen LogP contribution in [0.5, 0.6) is 0 Å². The summed E-state index contributed by atoms with van der Waals surface area (Å²) in [5, 5.41) is 8.65. The van der Waals surface area contributed by atoms with E-state index in [9.17, 15) is 13.2 Å². The zero-order valence-corrected chi connectivity index (χ0v) is 6.30. The van der Waals surface area contributed by atoms with Gasteiger partial charge in [-0.25, -0.2) is 0 Å². The zero-order valence-electron chi connectivity index (χ0n) is 6.30. The molecule has 0 aromatic carbocycles. The highest BCUT2D eigenvalue weighted by molar-refractivity contribution is 5.24. The average molecular weight is 178 g/mol. The largest absolute Gasteiger partial charge is 0.413 e. The van der Waals surface area contributed by atoms with Gasteiger partial charge in [-0.15, -0.1) is 0 Å². The lowest BCUT2D eigenvalue weighted by Gasteiger charge is -2.21. The van der Waals surface area contributed by atoms with Crippen molar-refractivity contribution in [2.75, 3.05) is 6.61 Å². The average Bonchev–Trinajstić information content (AvgIpc) is 2.03. The molecule has 1 unspecified atom stereocenters. The minimum Gasteiger partial charge on any atom is -0.396 e. The summed E-state index contributed by atoms with van der Waals surface area (Å²) in [7, 11) is 0. The van der Waals surface area contributed by atoms with E-state index in [0.29, 0.717) is 0 Å². The van der Waals surface area contributed by atoms with Crippen LogP contribution in [0.3, 0.4) is 0 Å². The van der Waals surface area contributed by atoms with Crippen molar-refractivity contribution < 1.29 is 18.3 Å². The third kappa shape index (κ3) is 1.88. The predicted octanol–water partition coefficient (Wildman–Crippen LogP) is 2.04. The third-order valence-corrected chi connectivity index (χ3v) is 1.82. The Balaban J connectivity index is 2.84. The minimum absolute atomic E-state index is 0.266. The Morgan fingerprint density at radius 3 is 2.58 bits per heavy atom. The summed E-state index contributed by atoms with van der Waals surface area (Å²) in [4.78, 5) is 0. The molecule has 0 spiro atoms. The molecule has 0 saturated carbocycles. The first-order chi connectivity index (χ1) is 5.55. The molecule has 0 heterocycles. The summed E-state index contributed by atoms with van der Waals surface area (Å²) in [6.45, 7) is -0.449. The molecule has 0 saturated heterocycles. The van der Waals surface area contributed by atoms with E-state index in [4.69, 9.17) is 5.11 Å². The summed E-state index contributed by atoms with van der Waals surface area (Å²) in [6.07, 6.45) is -0.0322. The van der Waals surface area contributed by atoms with Crippen LogP contribution in [-0.4, -0.2) is 17.9 Å². The molecule has 0 aromatic rings. The van der Waals surface area contributed by atoms with E-state index >= 15 is 0 Å². The Morgan fingerprint density at radius 2 is 2.17 bits per heavy atom. The van der Waals surface area contributed by atoms with E-state index in [1.165, 1.54) is 6.08 Å². The standard InChI is InChI=1S/C8H9F3O/c9-8(10,11)7-4-2-1-3-6(7)5-12/h1-2,4,6,12H,3,5H2. The van der Waals surface area contributed by atoms with Gasteiger partial charge in [0, 0.05) is 11.5 Å². The van der Waals surface area contributed by atoms with Crippen molar-refractivity contribution in [1.82, 2.24) is 0 Å². The van der Waals surface area contributed by atoms with Gasteiger partial charge in [-0.05, 0) is 6.42 Å². The van der Waals surface area contributed by atoms with E-state index in [2.05, 4.69) is 0 Å². The van der Waals surface area contributed by atoms with Crippen LogP contribution in [0.1, 0.15) is 6.42 Å². The summed E-state index contributed by atoms with van der Waals surface area (Å²) in [5.41, 5.74) is -0.632. The molecule has 1 atom stereocenters. The fourth-order valence-electron chi connectivity index (χ4n) is 1.18. The topological polar surface area (TPSA) is 20.2 Å². The van der Waals surface area contributed by atoms with Gasteiger partial charge < -0.3 is 5.11 Å². The Kier molecular flexibility index (Phi) is 2.57. The van der Waals surface area contributed by atoms with Crippen LogP contribution in [0.4, 0.5) is 13.2 Å². The van der Waals surface area contributed by atoms with Crippen LogP contribution in [0.15, 0.2) is 23.8 Å². The summed E-state index contributed by atoms with van der Waals surface area (Å²) >= 11 is 0. The van der Waals surface area contributed by atoms with Crippen LogP contribution in [0.25, 0.3) is 0 Å². The van der Waals surface area contributed by atoms with Crippen LogP contribution in [-0.2, 0) is 0 Å². The van der Waals surface area contributed by atoms with Crippen molar-refractivity contribution in [2.45, 2.75) is 12.6 Å². The molecule has 0 bridgehead atoms. The lowest BCUT2D eigenvalue weighted by Crippen LogP contribution is -2.23. The highest BCUT2D eigenvalue weighted by Crippen LogP contribution is 2.34. The Bertz CT molecular complexity index is 215.